The molecule has 0 aliphatic heterocycles. The van der Waals surface area contributed by atoms with Crippen LogP contribution in [0.1, 0.15) is 102 Å². The quantitative estimate of drug-likeness (QED) is 0.0891. The predicted octanol–water partition coefficient (Wildman–Crippen LogP) is 6.64. The SMILES string of the molecule is CCCCCCCCCCCCCCCCOCC(C[S+](C)CCO)OC.Cc1ccc(S(=O)(=O)[O-])cc1. The van der Waals surface area contributed by atoms with Crippen molar-refractivity contribution in [1.82, 2.24) is 0 Å². The first-order valence-electron chi connectivity index (χ1n) is 14.6. The van der Waals surface area contributed by atoms with Crippen molar-refractivity contribution >= 4 is 21.0 Å². The van der Waals surface area contributed by atoms with E-state index in [-0.39, 0.29) is 28.5 Å². The highest BCUT2D eigenvalue weighted by molar-refractivity contribution is 7.96. The van der Waals surface area contributed by atoms with E-state index >= 15 is 0 Å². The summed E-state index contributed by atoms with van der Waals surface area (Å²) in [5.41, 5.74) is 0.928. The normalized spacial score (nSPS) is 13.1. The average Bonchev–Trinajstić information content (AvgIpc) is 2.88. The molecule has 8 heteroatoms. The fourth-order valence-corrected chi connectivity index (χ4v) is 5.87. The fraction of sp³-hybridized carbons (Fsp3) is 0.800. The highest BCUT2D eigenvalue weighted by Gasteiger charge is 2.19. The zero-order valence-corrected chi connectivity index (χ0v) is 26.3. The lowest BCUT2D eigenvalue weighted by atomic mass is 10.0. The molecule has 0 aliphatic carbocycles. The zero-order chi connectivity index (χ0) is 28.5. The van der Waals surface area contributed by atoms with Crippen LogP contribution in [0.5, 0.6) is 0 Å². The molecule has 224 valence electrons. The minimum absolute atomic E-state index is 0.177. The van der Waals surface area contributed by atoms with Gasteiger partial charge in [-0.3, -0.25) is 0 Å². The number of hydrogen-bond donors (Lipinski definition) is 1. The molecule has 0 spiro atoms. The number of methoxy groups -OCH3 is 1. The molecule has 2 unspecified atom stereocenters. The second-order valence-electron chi connectivity index (χ2n) is 10.2. The number of hydrogen-bond acceptors (Lipinski definition) is 6. The van der Waals surface area contributed by atoms with Crippen LogP contribution in [0.3, 0.4) is 0 Å². The first-order valence-corrected chi connectivity index (χ1v) is 18.0. The Bertz CT molecular complexity index is 740. The molecule has 6 nitrogen and oxygen atoms in total. The van der Waals surface area contributed by atoms with Gasteiger partial charge in [-0.2, -0.15) is 0 Å². The Kier molecular flexibility index (Phi) is 24.9. The number of ether oxygens (including phenoxy) is 2. The number of rotatable bonds is 23. The van der Waals surface area contributed by atoms with E-state index in [0.717, 1.165) is 23.7 Å². The van der Waals surface area contributed by atoms with Crippen LogP contribution in [0.25, 0.3) is 0 Å². The van der Waals surface area contributed by atoms with Gasteiger partial charge in [0.15, 0.2) is 0 Å². The lowest BCUT2D eigenvalue weighted by molar-refractivity contribution is 0.0195. The van der Waals surface area contributed by atoms with Gasteiger partial charge in [0.25, 0.3) is 0 Å². The van der Waals surface area contributed by atoms with Gasteiger partial charge < -0.3 is 19.1 Å². The molecule has 0 aliphatic rings. The van der Waals surface area contributed by atoms with Crippen LogP contribution >= 0.6 is 0 Å². The molecule has 0 bridgehead atoms. The second kappa shape index (κ2) is 25.3. The van der Waals surface area contributed by atoms with Crippen molar-refractivity contribution < 1.29 is 27.6 Å². The minimum atomic E-state index is -4.27. The summed E-state index contributed by atoms with van der Waals surface area (Å²) in [7, 11) is -2.28. The summed E-state index contributed by atoms with van der Waals surface area (Å²) in [6, 6.07) is 5.78. The maximum absolute atomic E-state index is 10.4. The molecule has 0 fully saturated rings. The third kappa shape index (κ3) is 23.3. The van der Waals surface area contributed by atoms with E-state index in [0.29, 0.717) is 6.61 Å². The highest BCUT2D eigenvalue weighted by atomic mass is 32.2. The van der Waals surface area contributed by atoms with Crippen molar-refractivity contribution in [2.45, 2.75) is 115 Å². The van der Waals surface area contributed by atoms with Gasteiger partial charge in [0.05, 0.1) is 24.4 Å². The van der Waals surface area contributed by atoms with Gasteiger partial charge in [0.1, 0.15) is 27.7 Å². The summed E-state index contributed by atoms with van der Waals surface area (Å²) < 4.78 is 42.4. The highest BCUT2D eigenvalue weighted by Crippen LogP contribution is 2.13. The smallest absolute Gasteiger partial charge is 0.136 e. The Hall–Kier alpha value is -0.640. The van der Waals surface area contributed by atoms with Crippen LogP contribution in [0, 0.1) is 6.92 Å². The van der Waals surface area contributed by atoms with Crippen LogP contribution in [-0.4, -0.2) is 68.9 Å². The van der Waals surface area contributed by atoms with Gasteiger partial charge in [0, 0.05) is 13.7 Å². The lowest BCUT2D eigenvalue weighted by Crippen LogP contribution is -2.29. The summed E-state index contributed by atoms with van der Waals surface area (Å²) in [6.07, 6.45) is 21.8. The molecular weight excluding hydrogens is 520 g/mol. The maximum atomic E-state index is 10.4. The summed E-state index contributed by atoms with van der Waals surface area (Å²) in [4.78, 5) is -0.178. The minimum Gasteiger partial charge on any atom is -0.744 e. The third-order valence-corrected chi connectivity index (χ3v) is 9.17. The standard InChI is InChI=1S/C23H49O3S.C7H8O3S/c1-4-5-6-7-8-9-10-11-12-13-14-15-16-17-19-26-21-23(25-2)22-27(3)20-18-24;1-6-2-4-7(5-3-6)11(8,9)10/h23-24H,4-22H2,1-3H3;2-5H,1H3,(H,8,9,10)/q+1;/p-1. The van der Waals surface area contributed by atoms with Crippen LogP contribution in [0.15, 0.2) is 29.2 Å². The number of aliphatic hydroxyl groups excluding tert-OH is 1. The average molecular weight is 577 g/mol. The van der Waals surface area contributed by atoms with Crippen LogP contribution < -0.4 is 0 Å². The Morgan fingerprint density at radius 1 is 0.868 bits per heavy atom. The molecule has 0 saturated carbocycles. The van der Waals surface area contributed by atoms with Gasteiger partial charge in [-0.1, -0.05) is 108 Å². The Morgan fingerprint density at radius 3 is 1.76 bits per heavy atom. The van der Waals surface area contributed by atoms with Crippen molar-refractivity contribution in [3.8, 4) is 0 Å². The number of benzene rings is 1. The van der Waals surface area contributed by atoms with Crippen LogP contribution in [0.2, 0.25) is 0 Å². The largest absolute Gasteiger partial charge is 0.744 e. The molecule has 0 aromatic heterocycles. The monoisotopic (exact) mass is 576 g/mol. The van der Waals surface area contributed by atoms with Gasteiger partial charge in [-0.05, 0) is 36.4 Å². The van der Waals surface area contributed by atoms with E-state index in [1.54, 1.807) is 19.2 Å². The molecule has 0 amide bonds. The lowest BCUT2D eigenvalue weighted by Gasteiger charge is -2.14. The molecule has 38 heavy (non-hydrogen) atoms. The molecule has 0 saturated heterocycles. The van der Waals surface area contributed by atoms with Gasteiger partial charge in [-0.15, -0.1) is 0 Å². The fourth-order valence-electron chi connectivity index (χ4n) is 4.06. The maximum Gasteiger partial charge on any atom is 0.136 e. The Balaban J connectivity index is 0.00000103. The van der Waals surface area contributed by atoms with Crippen molar-refractivity contribution in [2.75, 3.05) is 44.7 Å². The summed E-state index contributed by atoms with van der Waals surface area (Å²) in [5.74, 6) is 1.87. The summed E-state index contributed by atoms with van der Waals surface area (Å²) >= 11 is 0. The van der Waals surface area contributed by atoms with Crippen molar-refractivity contribution in [3.63, 3.8) is 0 Å². The van der Waals surface area contributed by atoms with Crippen LogP contribution in [0.4, 0.5) is 0 Å². The molecule has 1 aromatic carbocycles. The third-order valence-electron chi connectivity index (χ3n) is 6.50. The predicted molar refractivity (Wildman–Crippen MR) is 161 cm³/mol. The Morgan fingerprint density at radius 2 is 1.34 bits per heavy atom. The Labute approximate surface area is 237 Å². The topological polar surface area (TPSA) is 95.9 Å². The van der Waals surface area contributed by atoms with E-state index in [2.05, 4.69) is 13.2 Å². The number of aryl methyl sites for hydroxylation is 1. The van der Waals surface area contributed by atoms with Crippen molar-refractivity contribution in [2.24, 2.45) is 0 Å². The molecule has 2 atom stereocenters. The van der Waals surface area contributed by atoms with E-state index in [1.165, 1.54) is 102 Å². The van der Waals surface area contributed by atoms with E-state index < -0.39 is 10.1 Å². The van der Waals surface area contributed by atoms with Gasteiger partial charge in [0.2, 0.25) is 0 Å². The molecule has 1 aromatic rings. The van der Waals surface area contributed by atoms with E-state index in [4.69, 9.17) is 14.6 Å². The van der Waals surface area contributed by atoms with E-state index in [9.17, 15) is 13.0 Å². The summed E-state index contributed by atoms with van der Waals surface area (Å²) in [6.45, 7) is 5.93. The second-order valence-corrected chi connectivity index (χ2v) is 13.9. The number of aliphatic hydroxyl groups is 1. The first kappa shape index (κ1) is 37.4. The van der Waals surface area contributed by atoms with Crippen molar-refractivity contribution in [1.29, 1.82) is 0 Å². The molecule has 1 N–H and O–H groups in total. The number of unbranched alkanes of at least 4 members (excludes halogenated alkanes) is 13. The molecular formula is C30H56O6S2. The van der Waals surface area contributed by atoms with Gasteiger partial charge >= 0.3 is 0 Å². The van der Waals surface area contributed by atoms with Gasteiger partial charge in [-0.25, -0.2) is 8.42 Å². The molecule has 0 heterocycles. The molecule has 0 radical (unpaired) electrons. The summed E-state index contributed by atoms with van der Waals surface area (Å²) in [5, 5.41) is 8.98. The van der Waals surface area contributed by atoms with Crippen LogP contribution in [-0.2, 0) is 30.5 Å². The zero-order valence-electron chi connectivity index (χ0n) is 24.6. The molecule has 1 rings (SSSR count). The van der Waals surface area contributed by atoms with E-state index in [1.807, 2.05) is 6.92 Å². The first-order chi connectivity index (χ1) is 18.2. The van der Waals surface area contributed by atoms with Crippen molar-refractivity contribution in [3.05, 3.63) is 29.8 Å².